The summed E-state index contributed by atoms with van der Waals surface area (Å²) in [5, 5.41) is 5.99. The van der Waals surface area contributed by atoms with E-state index >= 15 is 0 Å². The molecule has 1 heterocycles. The van der Waals surface area contributed by atoms with Gasteiger partial charge >= 0.3 is 0 Å². The summed E-state index contributed by atoms with van der Waals surface area (Å²) in [7, 11) is 1.63. The number of anilines is 1. The fourth-order valence-electron chi connectivity index (χ4n) is 2.14. The Kier molecular flexibility index (Phi) is 7.17. The Labute approximate surface area is 141 Å². The van der Waals surface area contributed by atoms with E-state index in [1.807, 2.05) is 0 Å². The summed E-state index contributed by atoms with van der Waals surface area (Å²) in [6.45, 7) is 1.88. The molecule has 0 aliphatic heterocycles. The summed E-state index contributed by atoms with van der Waals surface area (Å²) in [6.07, 6.45) is 3.09. The van der Waals surface area contributed by atoms with Crippen molar-refractivity contribution in [3.8, 4) is 0 Å². The lowest BCUT2D eigenvalue weighted by atomic mass is 10.1. The number of halogens is 1. The number of pyridine rings is 1. The number of nitrogens with one attached hydrogen (secondary N) is 2. The average Bonchev–Trinajstić information content (AvgIpc) is 2.61. The number of methoxy groups -OCH3 is 1. The molecule has 2 rings (SSSR count). The Morgan fingerprint density at radius 3 is 2.62 bits per heavy atom. The molecule has 2 aromatic rings. The van der Waals surface area contributed by atoms with Crippen LogP contribution in [0.3, 0.4) is 0 Å². The zero-order chi connectivity index (χ0) is 17.2. The third-order valence-electron chi connectivity index (χ3n) is 3.47. The first-order chi connectivity index (χ1) is 11.7. The number of benzene rings is 1. The van der Waals surface area contributed by atoms with Gasteiger partial charge in [0.1, 0.15) is 11.6 Å². The molecule has 0 unspecified atom stereocenters. The zero-order valence-corrected chi connectivity index (χ0v) is 13.7. The first-order valence-corrected chi connectivity index (χ1v) is 7.90. The minimum atomic E-state index is -0.232. The van der Waals surface area contributed by atoms with Gasteiger partial charge in [0.05, 0.1) is 5.56 Å². The van der Waals surface area contributed by atoms with Gasteiger partial charge in [0.2, 0.25) is 0 Å². The van der Waals surface area contributed by atoms with E-state index in [1.54, 1.807) is 37.6 Å². The van der Waals surface area contributed by atoms with Gasteiger partial charge in [-0.15, -0.1) is 0 Å². The average molecular weight is 331 g/mol. The Morgan fingerprint density at radius 2 is 1.96 bits per heavy atom. The predicted octanol–water partition coefficient (Wildman–Crippen LogP) is 2.64. The van der Waals surface area contributed by atoms with Crippen molar-refractivity contribution in [3.05, 3.63) is 59.5 Å². The van der Waals surface area contributed by atoms with Crippen LogP contribution in [0.1, 0.15) is 22.3 Å². The third-order valence-corrected chi connectivity index (χ3v) is 3.47. The second-order valence-corrected chi connectivity index (χ2v) is 5.34. The molecular weight excluding hydrogens is 309 g/mol. The van der Waals surface area contributed by atoms with Crippen molar-refractivity contribution in [2.24, 2.45) is 0 Å². The van der Waals surface area contributed by atoms with Crippen LogP contribution in [-0.4, -0.2) is 37.7 Å². The molecule has 0 atom stereocenters. The van der Waals surface area contributed by atoms with Gasteiger partial charge in [-0.3, -0.25) is 4.79 Å². The fraction of sp³-hybridized carbons (Fsp3) is 0.333. The quantitative estimate of drug-likeness (QED) is 0.694. The Balaban J connectivity index is 1.75. The highest BCUT2D eigenvalue weighted by Gasteiger charge is 2.05. The lowest BCUT2D eigenvalue weighted by Gasteiger charge is -2.07. The standard InChI is InChI=1S/C18H22FN3O2/c1-24-12-2-10-21-18(23)15-5-8-17(22-13-15)20-11-9-14-3-6-16(19)7-4-14/h3-8,13H,2,9-12H2,1H3,(H,20,22)(H,21,23). The number of nitrogens with zero attached hydrogens (tertiary/aromatic N) is 1. The van der Waals surface area contributed by atoms with Crippen molar-refractivity contribution < 1.29 is 13.9 Å². The fourth-order valence-corrected chi connectivity index (χ4v) is 2.14. The lowest BCUT2D eigenvalue weighted by Crippen LogP contribution is -2.25. The molecule has 6 heteroatoms. The molecule has 0 saturated heterocycles. The normalized spacial score (nSPS) is 10.4. The van der Waals surface area contributed by atoms with Crippen molar-refractivity contribution in [1.29, 1.82) is 0 Å². The van der Waals surface area contributed by atoms with Crippen LogP contribution in [0.5, 0.6) is 0 Å². The highest BCUT2D eigenvalue weighted by Crippen LogP contribution is 2.07. The van der Waals surface area contributed by atoms with E-state index in [2.05, 4.69) is 15.6 Å². The summed E-state index contributed by atoms with van der Waals surface area (Å²) in [6, 6.07) is 9.94. The highest BCUT2D eigenvalue weighted by atomic mass is 19.1. The first kappa shape index (κ1) is 17.9. The second-order valence-electron chi connectivity index (χ2n) is 5.34. The van der Waals surface area contributed by atoms with Crippen molar-refractivity contribution in [2.45, 2.75) is 12.8 Å². The Hall–Kier alpha value is -2.47. The van der Waals surface area contributed by atoms with Crippen molar-refractivity contribution in [2.75, 3.05) is 32.1 Å². The molecule has 1 amide bonds. The lowest BCUT2D eigenvalue weighted by molar-refractivity contribution is 0.0948. The van der Waals surface area contributed by atoms with Crippen molar-refractivity contribution in [1.82, 2.24) is 10.3 Å². The SMILES string of the molecule is COCCCNC(=O)c1ccc(NCCc2ccc(F)cc2)nc1. The van der Waals surface area contributed by atoms with Crippen LogP contribution in [0.2, 0.25) is 0 Å². The van der Waals surface area contributed by atoms with E-state index < -0.39 is 0 Å². The molecule has 0 spiro atoms. The molecule has 5 nitrogen and oxygen atoms in total. The van der Waals surface area contributed by atoms with Gasteiger partial charge in [-0.05, 0) is 42.7 Å². The number of amides is 1. The summed E-state index contributed by atoms with van der Waals surface area (Å²) in [4.78, 5) is 16.1. The minimum Gasteiger partial charge on any atom is -0.385 e. The second kappa shape index (κ2) is 9.62. The van der Waals surface area contributed by atoms with E-state index in [0.717, 1.165) is 18.4 Å². The van der Waals surface area contributed by atoms with Crippen LogP contribution in [0.15, 0.2) is 42.6 Å². The van der Waals surface area contributed by atoms with Gasteiger partial charge in [0.25, 0.3) is 5.91 Å². The highest BCUT2D eigenvalue weighted by molar-refractivity contribution is 5.94. The molecule has 2 N–H and O–H groups in total. The summed E-state index contributed by atoms with van der Waals surface area (Å²) in [5.74, 6) is 0.328. The maximum absolute atomic E-state index is 12.8. The van der Waals surface area contributed by atoms with Gasteiger partial charge in [0, 0.05) is 33.0 Å². The van der Waals surface area contributed by atoms with Gasteiger partial charge in [-0.25, -0.2) is 9.37 Å². The summed E-state index contributed by atoms with van der Waals surface area (Å²) >= 11 is 0. The maximum atomic E-state index is 12.8. The maximum Gasteiger partial charge on any atom is 0.252 e. The predicted molar refractivity (Wildman–Crippen MR) is 91.7 cm³/mol. The third kappa shape index (κ3) is 5.96. The zero-order valence-electron chi connectivity index (χ0n) is 13.7. The molecule has 128 valence electrons. The van der Waals surface area contributed by atoms with Gasteiger partial charge in [-0.1, -0.05) is 12.1 Å². The van der Waals surface area contributed by atoms with Gasteiger partial charge < -0.3 is 15.4 Å². The van der Waals surface area contributed by atoms with Crippen LogP contribution in [-0.2, 0) is 11.2 Å². The number of ether oxygens (including phenoxy) is 1. The van der Waals surface area contributed by atoms with Crippen LogP contribution in [0.4, 0.5) is 10.2 Å². The van der Waals surface area contributed by atoms with E-state index in [0.29, 0.717) is 31.1 Å². The monoisotopic (exact) mass is 331 g/mol. The largest absolute Gasteiger partial charge is 0.385 e. The molecular formula is C18H22FN3O2. The molecule has 24 heavy (non-hydrogen) atoms. The molecule has 0 aliphatic rings. The number of hydrogen-bond donors (Lipinski definition) is 2. The van der Waals surface area contributed by atoms with Crippen LogP contribution < -0.4 is 10.6 Å². The van der Waals surface area contributed by atoms with Crippen LogP contribution >= 0.6 is 0 Å². The number of rotatable bonds is 9. The minimum absolute atomic E-state index is 0.142. The van der Waals surface area contributed by atoms with Crippen LogP contribution in [0, 0.1) is 5.82 Å². The van der Waals surface area contributed by atoms with E-state index in [9.17, 15) is 9.18 Å². The van der Waals surface area contributed by atoms with E-state index in [4.69, 9.17) is 4.74 Å². The smallest absolute Gasteiger partial charge is 0.252 e. The molecule has 0 saturated carbocycles. The van der Waals surface area contributed by atoms with Crippen molar-refractivity contribution >= 4 is 11.7 Å². The van der Waals surface area contributed by atoms with E-state index in [1.165, 1.54) is 12.1 Å². The Bertz CT molecular complexity index is 630. The number of carbonyl (C=O) groups excluding carboxylic acids is 1. The number of aromatic nitrogens is 1. The van der Waals surface area contributed by atoms with Crippen LogP contribution in [0.25, 0.3) is 0 Å². The number of carbonyl (C=O) groups is 1. The molecule has 0 bridgehead atoms. The Morgan fingerprint density at radius 1 is 1.17 bits per heavy atom. The molecule has 1 aromatic heterocycles. The first-order valence-electron chi connectivity index (χ1n) is 7.90. The molecule has 0 radical (unpaired) electrons. The van der Waals surface area contributed by atoms with Gasteiger partial charge in [-0.2, -0.15) is 0 Å². The molecule has 0 aliphatic carbocycles. The number of hydrogen-bond acceptors (Lipinski definition) is 4. The molecule has 1 aromatic carbocycles. The topological polar surface area (TPSA) is 63.2 Å². The summed E-state index contributed by atoms with van der Waals surface area (Å²) in [5.41, 5.74) is 1.58. The van der Waals surface area contributed by atoms with Gasteiger partial charge in [0.15, 0.2) is 0 Å². The van der Waals surface area contributed by atoms with E-state index in [-0.39, 0.29) is 11.7 Å². The van der Waals surface area contributed by atoms with Crippen molar-refractivity contribution in [3.63, 3.8) is 0 Å². The summed E-state index contributed by atoms with van der Waals surface area (Å²) < 4.78 is 17.8. The molecule has 0 fully saturated rings.